The van der Waals surface area contributed by atoms with Gasteiger partial charge in [-0.2, -0.15) is 0 Å². The van der Waals surface area contributed by atoms with E-state index in [1.54, 1.807) is 6.20 Å². The molecule has 5 rings (SSSR count). The van der Waals surface area contributed by atoms with Crippen molar-refractivity contribution in [2.45, 2.75) is 50.5 Å². The van der Waals surface area contributed by atoms with E-state index in [0.717, 1.165) is 30.0 Å². The summed E-state index contributed by atoms with van der Waals surface area (Å²) in [4.78, 5) is 19.4. The van der Waals surface area contributed by atoms with Crippen molar-refractivity contribution in [1.82, 2.24) is 20.6 Å². The number of hydrogen-bond donors (Lipinski definition) is 3. The summed E-state index contributed by atoms with van der Waals surface area (Å²) in [5.74, 6) is 3.50. The van der Waals surface area contributed by atoms with E-state index in [2.05, 4.69) is 20.6 Å². The average Bonchev–Trinajstić information content (AvgIpc) is 2.89. The van der Waals surface area contributed by atoms with Crippen LogP contribution < -0.4 is 10.6 Å². The first-order chi connectivity index (χ1) is 10.2. The van der Waals surface area contributed by atoms with Gasteiger partial charge in [-0.3, -0.25) is 0 Å². The lowest BCUT2D eigenvalue weighted by Crippen LogP contribution is -2.61. The molecule has 4 aliphatic rings. The molecule has 0 aliphatic heterocycles. The second kappa shape index (κ2) is 5.04. The summed E-state index contributed by atoms with van der Waals surface area (Å²) in [7, 11) is 0. The molecule has 4 fully saturated rings. The van der Waals surface area contributed by atoms with Crippen LogP contribution in [0.2, 0.25) is 0 Å². The summed E-state index contributed by atoms with van der Waals surface area (Å²) < 4.78 is 0. The van der Waals surface area contributed by atoms with Gasteiger partial charge in [-0.15, -0.1) is 0 Å². The van der Waals surface area contributed by atoms with Crippen LogP contribution >= 0.6 is 0 Å². The van der Waals surface area contributed by atoms with E-state index in [-0.39, 0.29) is 11.6 Å². The number of urea groups is 1. The second-order valence-electron chi connectivity index (χ2n) is 7.36. The number of carbonyl (C=O) groups is 1. The monoisotopic (exact) mass is 288 g/mol. The molecule has 1 heterocycles. The number of nitrogens with one attached hydrogen (secondary N) is 3. The van der Waals surface area contributed by atoms with E-state index < -0.39 is 0 Å². The Hall–Kier alpha value is -1.52. The molecule has 3 N–H and O–H groups in total. The smallest absolute Gasteiger partial charge is 0.315 e. The summed E-state index contributed by atoms with van der Waals surface area (Å²) in [6.07, 6.45) is 12.1. The highest BCUT2D eigenvalue weighted by Gasteiger charge is 2.51. The van der Waals surface area contributed by atoms with Gasteiger partial charge in [0.1, 0.15) is 5.82 Å². The van der Waals surface area contributed by atoms with Crippen molar-refractivity contribution in [2.24, 2.45) is 17.8 Å². The Kier molecular flexibility index (Phi) is 3.16. The number of amides is 2. The largest absolute Gasteiger partial charge is 0.349 e. The number of imidazole rings is 1. The van der Waals surface area contributed by atoms with Gasteiger partial charge < -0.3 is 15.6 Å². The van der Waals surface area contributed by atoms with Gasteiger partial charge in [-0.25, -0.2) is 9.78 Å². The van der Waals surface area contributed by atoms with Crippen LogP contribution in [-0.4, -0.2) is 28.1 Å². The highest BCUT2D eigenvalue weighted by Crippen LogP contribution is 2.55. The minimum Gasteiger partial charge on any atom is -0.349 e. The fraction of sp³-hybridized carbons (Fsp3) is 0.750. The molecule has 4 aliphatic carbocycles. The first-order valence-electron chi connectivity index (χ1n) is 8.25. The van der Waals surface area contributed by atoms with Gasteiger partial charge >= 0.3 is 6.03 Å². The molecule has 0 atom stereocenters. The van der Waals surface area contributed by atoms with Crippen LogP contribution in [0.15, 0.2) is 12.4 Å². The van der Waals surface area contributed by atoms with E-state index in [1.165, 1.54) is 38.5 Å². The van der Waals surface area contributed by atoms with Gasteiger partial charge in [0.15, 0.2) is 0 Å². The van der Waals surface area contributed by atoms with Gasteiger partial charge in [0.25, 0.3) is 0 Å². The molecule has 21 heavy (non-hydrogen) atoms. The van der Waals surface area contributed by atoms with Crippen molar-refractivity contribution >= 4 is 6.03 Å². The molecular weight excluding hydrogens is 264 g/mol. The highest BCUT2D eigenvalue weighted by molar-refractivity contribution is 5.74. The minimum absolute atomic E-state index is 0.00325. The number of rotatable bonds is 4. The van der Waals surface area contributed by atoms with E-state index in [9.17, 15) is 4.79 Å². The third-order valence-corrected chi connectivity index (χ3v) is 5.62. The Labute approximate surface area is 125 Å². The lowest BCUT2D eigenvalue weighted by molar-refractivity contribution is -0.0135. The molecule has 4 bridgehead atoms. The van der Waals surface area contributed by atoms with Crippen molar-refractivity contribution in [3.05, 3.63) is 18.2 Å². The van der Waals surface area contributed by atoms with Crippen LogP contribution in [0.1, 0.15) is 44.3 Å². The van der Waals surface area contributed by atoms with Crippen LogP contribution in [0.25, 0.3) is 0 Å². The molecule has 0 radical (unpaired) electrons. The number of aromatic nitrogens is 2. The summed E-state index contributed by atoms with van der Waals surface area (Å²) in [5, 5.41) is 6.31. The van der Waals surface area contributed by atoms with Crippen molar-refractivity contribution < 1.29 is 4.79 Å². The predicted octanol–water partition coefficient (Wildman–Crippen LogP) is 2.22. The zero-order valence-electron chi connectivity index (χ0n) is 12.4. The molecule has 1 aromatic rings. The molecule has 5 nitrogen and oxygen atoms in total. The molecule has 0 unspecified atom stereocenters. The maximum atomic E-state index is 12.2. The lowest BCUT2D eigenvalue weighted by atomic mass is 9.53. The number of H-pyrrole nitrogens is 1. The second-order valence-corrected chi connectivity index (χ2v) is 7.36. The maximum Gasteiger partial charge on any atom is 0.315 e. The molecule has 4 saturated carbocycles. The van der Waals surface area contributed by atoms with Crippen molar-refractivity contribution in [1.29, 1.82) is 0 Å². The van der Waals surface area contributed by atoms with E-state index in [1.807, 2.05) is 6.20 Å². The van der Waals surface area contributed by atoms with Gasteiger partial charge in [-0.1, -0.05) is 0 Å². The number of hydrogen-bond acceptors (Lipinski definition) is 2. The zero-order valence-corrected chi connectivity index (χ0v) is 12.4. The SMILES string of the molecule is O=C(NCCc1ncc[nH]1)NC12CC3CC(CC(C3)C1)C2. The van der Waals surface area contributed by atoms with Crippen LogP contribution in [0.3, 0.4) is 0 Å². The van der Waals surface area contributed by atoms with Crippen LogP contribution in [-0.2, 0) is 6.42 Å². The van der Waals surface area contributed by atoms with Crippen LogP contribution in [0, 0.1) is 17.8 Å². The minimum atomic E-state index is 0.00325. The Morgan fingerprint density at radius 2 is 1.90 bits per heavy atom. The number of carbonyl (C=O) groups excluding carboxylic acids is 1. The average molecular weight is 288 g/mol. The number of aromatic amines is 1. The predicted molar refractivity (Wildman–Crippen MR) is 79.7 cm³/mol. The highest BCUT2D eigenvalue weighted by atomic mass is 16.2. The zero-order chi connectivity index (χ0) is 14.3. The lowest BCUT2D eigenvalue weighted by Gasteiger charge is -2.56. The van der Waals surface area contributed by atoms with Crippen molar-refractivity contribution in [3.63, 3.8) is 0 Å². The Morgan fingerprint density at radius 1 is 1.24 bits per heavy atom. The van der Waals surface area contributed by atoms with E-state index in [4.69, 9.17) is 0 Å². The summed E-state index contributed by atoms with van der Waals surface area (Å²) in [5.41, 5.74) is 0.101. The molecule has 2 amide bonds. The molecular formula is C16H24N4O. The summed E-state index contributed by atoms with van der Waals surface area (Å²) in [6.45, 7) is 0.631. The summed E-state index contributed by atoms with van der Waals surface area (Å²) in [6, 6.07) is 0.00325. The van der Waals surface area contributed by atoms with Crippen LogP contribution in [0.4, 0.5) is 4.79 Å². The Balaban J connectivity index is 1.30. The number of nitrogens with zero attached hydrogens (tertiary/aromatic N) is 1. The quantitative estimate of drug-likeness (QED) is 0.795. The van der Waals surface area contributed by atoms with Gasteiger partial charge in [0.05, 0.1) is 0 Å². The normalized spacial score (nSPS) is 36.7. The molecule has 0 spiro atoms. The molecule has 0 saturated heterocycles. The van der Waals surface area contributed by atoms with Gasteiger partial charge in [-0.05, 0) is 56.3 Å². The van der Waals surface area contributed by atoms with E-state index >= 15 is 0 Å². The fourth-order valence-corrected chi connectivity index (χ4v) is 5.28. The molecule has 5 heteroatoms. The third-order valence-electron chi connectivity index (χ3n) is 5.62. The third kappa shape index (κ3) is 2.65. The maximum absolute atomic E-state index is 12.2. The van der Waals surface area contributed by atoms with Crippen molar-refractivity contribution in [3.8, 4) is 0 Å². The molecule has 0 aromatic carbocycles. The summed E-state index contributed by atoms with van der Waals surface area (Å²) >= 11 is 0. The fourth-order valence-electron chi connectivity index (χ4n) is 5.28. The molecule has 1 aromatic heterocycles. The first kappa shape index (κ1) is 13.2. The standard InChI is InChI=1S/C16H24N4O/c21-15(19-2-1-14-17-3-4-18-14)20-16-8-11-5-12(9-16)7-13(6-11)10-16/h3-4,11-13H,1-2,5-10H2,(H,17,18)(H2,19,20,21). The first-order valence-corrected chi connectivity index (χ1v) is 8.25. The van der Waals surface area contributed by atoms with Crippen LogP contribution in [0.5, 0.6) is 0 Å². The Morgan fingerprint density at radius 3 is 2.48 bits per heavy atom. The topological polar surface area (TPSA) is 69.8 Å². The van der Waals surface area contributed by atoms with Gasteiger partial charge in [0, 0.05) is 30.9 Å². The Bertz CT molecular complexity index is 475. The van der Waals surface area contributed by atoms with E-state index in [0.29, 0.717) is 6.54 Å². The van der Waals surface area contributed by atoms with Gasteiger partial charge in [0.2, 0.25) is 0 Å². The molecule has 114 valence electrons. The van der Waals surface area contributed by atoms with Crippen molar-refractivity contribution in [2.75, 3.05) is 6.54 Å².